The van der Waals surface area contributed by atoms with Crippen molar-refractivity contribution in [2.45, 2.75) is 70.3 Å². The van der Waals surface area contributed by atoms with E-state index in [1.807, 2.05) is 0 Å². The van der Waals surface area contributed by atoms with Crippen LogP contribution in [0.15, 0.2) is 12.1 Å². The Labute approximate surface area is 142 Å². The summed E-state index contributed by atoms with van der Waals surface area (Å²) < 4.78 is 46.1. The molecule has 1 saturated carbocycles. The number of hydrogen-bond acceptors (Lipinski definition) is 1. The van der Waals surface area contributed by atoms with Gasteiger partial charge in [-0.3, -0.25) is 0 Å². The number of halogens is 3. The zero-order valence-electron chi connectivity index (χ0n) is 14.4. The second-order valence-electron chi connectivity index (χ2n) is 7.51. The van der Waals surface area contributed by atoms with Crippen molar-refractivity contribution in [3.05, 3.63) is 35.1 Å². The molecule has 1 aliphatic heterocycles. The van der Waals surface area contributed by atoms with Crippen molar-refractivity contribution in [3.8, 4) is 0 Å². The monoisotopic (exact) mass is 340 g/mol. The first kappa shape index (κ1) is 17.8. The van der Waals surface area contributed by atoms with Gasteiger partial charge in [-0.2, -0.15) is 0 Å². The van der Waals surface area contributed by atoms with E-state index in [1.54, 1.807) is 0 Å². The van der Waals surface area contributed by atoms with Crippen LogP contribution < -0.4 is 0 Å². The molecule has 1 aromatic carbocycles. The van der Waals surface area contributed by atoms with Crippen LogP contribution in [0.5, 0.6) is 0 Å². The van der Waals surface area contributed by atoms with Gasteiger partial charge in [0.2, 0.25) is 0 Å². The van der Waals surface area contributed by atoms with Gasteiger partial charge in [-0.25, -0.2) is 13.2 Å². The molecule has 0 aromatic heterocycles. The Balaban J connectivity index is 1.53. The van der Waals surface area contributed by atoms with Crippen LogP contribution in [0.1, 0.15) is 69.8 Å². The molecule has 24 heavy (non-hydrogen) atoms. The Morgan fingerprint density at radius 1 is 0.958 bits per heavy atom. The minimum Gasteiger partial charge on any atom is -0.378 e. The Bertz CT molecular complexity index is 521. The standard InChI is InChI=1S/C20H27F3O/c1-2-3-13-4-9-19(24-12-13)15-7-5-14(6-8-15)16-10-17(21)20(23)18(22)11-16/h10-11,13-15,19H,2-9,12H2,1H3. The Morgan fingerprint density at radius 2 is 1.62 bits per heavy atom. The summed E-state index contributed by atoms with van der Waals surface area (Å²) in [4.78, 5) is 0. The molecule has 0 radical (unpaired) electrons. The van der Waals surface area contributed by atoms with E-state index in [0.29, 0.717) is 23.5 Å². The van der Waals surface area contributed by atoms with Crippen molar-refractivity contribution in [3.63, 3.8) is 0 Å². The molecule has 2 aliphatic rings. The number of rotatable bonds is 4. The lowest BCUT2D eigenvalue weighted by Crippen LogP contribution is -2.34. The van der Waals surface area contributed by atoms with Gasteiger partial charge in [0, 0.05) is 6.61 Å². The number of hydrogen-bond donors (Lipinski definition) is 0. The van der Waals surface area contributed by atoms with E-state index >= 15 is 0 Å². The first-order valence-electron chi connectivity index (χ1n) is 9.34. The summed E-state index contributed by atoms with van der Waals surface area (Å²) in [6.07, 6.45) is 9.05. The molecule has 1 nitrogen and oxygen atoms in total. The van der Waals surface area contributed by atoms with E-state index in [-0.39, 0.29) is 5.92 Å². The molecule has 1 aliphatic carbocycles. The van der Waals surface area contributed by atoms with E-state index in [9.17, 15) is 13.2 Å². The van der Waals surface area contributed by atoms with Crippen molar-refractivity contribution in [2.75, 3.05) is 6.61 Å². The predicted molar refractivity (Wildman–Crippen MR) is 88.4 cm³/mol. The summed E-state index contributed by atoms with van der Waals surface area (Å²) in [5, 5.41) is 0. The van der Waals surface area contributed by atoms with E-state index in [4.69, 9.17) is 4.74 Å². The number of benzene rings is 1. The highest BCUT2D eigenvalue weighted by Crippen LogP contribution is 2.40. The zero-order chi connectivity index (χ0) is 17.1. The molecule has 4 heteroatoms. The third kappa shape index (κ3) is 3.96. The Hall–Kier alpha value is -1.03. The summed E-state index contributed by atoms with van der Waals surface area (Å²) in [5.41, 5.74) is 0.595. The summed E-state index contributed by atoms with van der Waals surface area (Å²) in [6.45, 7) is 3.10. The second-order valence-corrected chi connectivity index (χ2v) is 7.51. The fraction of sp³-hybridized carbons (Fsp3) is 0.700. The molecule has 1 heterocycles. The first-order valence-corrected chi connectivity index (χ1v) is 9.34. The molecule has 0 spiro atoms. The predicted octanol–water partition coefficient (Wildman–Crippen LogP) is 5.97. The fourth-order valence-electron chi connectivity index (χ4n) is 4.47. The second kappa shape index (κ2) is 7.90. The fourth-order valence-corrected chi connectivity index (χ4v) is 4.47. The lowest BCUT2D eigenvalue weighted by molar-refractivity contribution is -0.0575. The maximum Gasteiger partial charge on any atom is 0.194 e. The van der Waals surface area contributed by atoms with Crippen LogP contribution >= 0.6 is 0 Å². The number of ether oxygens (including phenoxy) is 1. The molecule has 134 valence electrons. The minimum absolute atomic E-state index is 0.127. The van der Waals surface area contributed by atoms with Gasteiger partial charge in [-0.1, -0.05) is 13.3 Å². The molecule has 3 rings (SSSR count). The molecular formula is C20H27F3O. The van der Waals surface area contributed by atoms with Crippen molar-refractivity contribution < 1.29 is 17.9 Å². The summed E-state index contributed by atoms with van der Waals surface area (Å²) in [7, 11) is 0. The summed E-state index contributed by atoms with van der Waals surface area (Å²) >= 11 is 0. The highest BCUT2D eigenvalue weighted by atomic mass is 19.2. The maximum atomic E-state index is 13.4. The molecular weight excluding hydrogens is 313 g/mol. The highest BCUT2D eigenvalue weighted by Gasteiger charge is 2.32. The molecule has 2 fully saturated rings. The maximum absolute atomic E-state index is 13.4. The molecule has 2 atom stereocenters. The topological polar surface area (TPSA) is 9.23 Å². The largest absolute Gasteiger partial charge is 0.378 e. The average molecular weight is 340 g/mol. The van der Waals surface area contributed by atoms with E-state index < -0.39 is 17.5 Å². The quantitative estimate of drug-likeness (QED) is 0.613. The first-order chi connectivity index (χ1) is 11.6. The Kier molecular flexibility index (Phi) is 5.85. The van der Waals surface area contributed by atoms with Gasteiger partial charge >= 0.3 is 0 Å². The van der Waals surface area contributed by atoms with Gasteiger partial charge in [-0.05, 0) is 80.4 Å². The van der Waals surface area contributed by atoms with Crippen LogP contribution in [0.4, 0.5) is 13.2 Å². The van der Waals surface area contributed by atoms with E-state index in [1.165, 1.54) is 19.3 Å². The third-order valence-corrected chi connectivity index (χ3v) is 5.88. The highest BCUT2D eigenvalue weighted by molar-refractivity contribution is 5.23. The van der Waals surface area contributed by atoms with Gasteiger partial charge < -0.3 is 4.74 Å². The van der Waals surface area contributed by atoms with Crippen LogP contribution in [0.25, 0.3) is 0 Å². The normalized spacial score (nSPS) is 31.2. The van der Waals surface area contributed by atoms with Crippen molar-refractivity contribution in [1.29, 1.82) is 0 Å². The van der Waals surface area contributed by atoms with Crippen LogP contribution in [-0.2, 0) is 4.74 Å². The Morgan fingerprint density at radius 3 is 2.17 bits per heavy atom. The third-order valence-electron chi connectivity index (χ3n) is 5.88. The van der Waals surface area contributed by atoms with Gasteiger partial charge in [0.25, 0.3) is 0 Å². The minimum atomic E-state index is -1.37. The van der Waals surface area contributed by atoms with E-state index in [0.717, 1.165) is 50.8 Å². The molecule has 1 saturated heterocycles. The molecule has 0 amide bonds. The van der Waals surface area contributed by atoms with Gasteiger partial charge in [-0.15, -0.1) is 0 Å². The average Bonchev–Trinajstić information content (AvgIpc) is 2.60. The van der Waals surface area contributed by atoms with Gasteiger partial charge in [0.1, 0.15) is 0 Å². The van der Waals surface area contributed by atoms with Crippen molar-refractivity contribution >= 4 is 0 Å². The molecule has 1 aromatic rings. The lowest BCUT2D eigenvalue weighted by Gasteiger charge is -2.38. The summed E-state index contributed by atoms with van der Waals surface area (Å²) in [6, 6.07) is 2.33. The lowest BCUT2D eigenvalue weighted by atomic mass is 9.75. The SMILES string of the molecule is CCCC1CCC(C2CCC(c3cc(F)c(F)c(F)c3)CC2)OC1. The molecule has 0 N–H and O–H groups in total. The van der Waals surface area contributed by atoms with E-state index in [2.05, 4.69) is 6.92 Å². The van der Waals surface area contributed by atoms with Crippen LogP contribution in [0.3, 0.4) is 0 Å². The van der Waals surface area contributed by atoms with Crippen LogP contribution in [0.2, 0.25) is 0 Å². The van der Waals surface area contributed by atoms with Crippen molar-refractivity contribution in [1.82, 2.24) is 0 Å². The zero-order valence-corrected chi connectivity index (χ0v) is 14.4. The van der Waals surface area contributed by atoms with Gasteiger partial charge in [0.05, 0.1) is 6.10 Å². The van der Waals surface area contributed by atoms with Gasteiger partial charge in [0.15, 0.2) is 17.5 Å². The molecule has 2 unspecified atom stereocenters. The smallest absolute Gasteiger partial charge is 0.194 e. The van der Waals surface area contributed by atoms with Crippen LogP contribution in [-0.4, -0.2) is 12.7 Å². The summed E-state index contributed by atoms with van der Waals surface area (Å²) in [5.74, 6) is -2.13. The van der Waals surface area contributed by atoms with Crippen LogP contribution in [0, 0.1) is 29.3 Å². The van der Waals surface area contributed by atoms with Crippen molar-refractivity contribution in [2.24, 2.45) is 11.8 Å². The molecule has 0 bridgehead atoms.